The summed E-state index contributed by atoms with van der Waals surface area (Å²) in [6.07, 6.45) is 1.72. The summed E-state index contributed by atoms with van der Waals surface area (Å²) < 4.78 is 5.53. The first kappa shape index (κ1) is 12.7. The number of hydrogen-bond donors (Lipinski definition) is 2. The number of nitrogens with two attached hydrogens (primary N) is 1. The first-order valence-electron chi connectivity index (χ1n) is 5.34. The Hall–Kier alpha value is -2.77. The van der Waals surface area contributed by atoms with E-state index in [-0.39, 0.29) is 12.1 Å². The molecule has 2 aromatic rings. The van der Waals surface area contributed by atoms with Crippen molar-refractivity contribution in [3.63, 3.8) is 0 Å². The zero-order valence-electron chi connectivity index (χ0n) is 10.1. The molecule has 8 heteroatoms. The number of aryl methyl sites for hydroxylation is 1. The van der Waals surface area contributed by atoms with Gasteiger partial charge >= 0.3 is 6.09 Å². The summed E-state index contributed by atoms with van der Waals surface area (Å²) in [7, 11) is 0. The van der Waals surface area contributed by atoms with Gasteiger partial charge in [0.2, 0.25) is 5.90 Å². The summed E-state index contributed by atoms with van der Waals surface area (Å²) in [6, 6.07) is 1.70. The molecule has 1 amide bonds. The first-order valence-corrected chi connectivity index (χ1v) is 5.34. The van der Waals surface area contributed by atoms with Gasteiger partial charge in [0.1, 0.15) is 12.9 Å². The maximum atomic E-state index is 12.2. The van der Waals surface area contributed by atoms with Gasteiger partial charge < -0.3 is 10.5 Å². The van der Waals surface area contributed by atoms with Crippen molar-refractivity contribution in [2.75, 3.05) is 0 Å². The van der Waals surface area contributed by atoms with E-state index in [9.17, 15) is 9.59 Å². The molecular formula is C11H11N5O3. The van der Waals surface area contributed by atoms with Crippen molar-refractivity contribution in [1.82, 2.24) is 14.5 Å². The Kier molecular flexibility index (Phi) is 3.23. The monoisotopic (exact) mass is 261 g/mol. The van der Waals surface area contributed by atoms with Gasteiger partial charge in [0.05, 0.1) is 5.39 Å². The van der Waals surface area contributed by atoms with Gasteiger partial charge in [-0.25, -0.2) is 14.8 Å². The largest absolute Gasteiger partial charge is 0.411 e. The van der Waals surface area contributed by atoms with E-state index < -0.39 is 12.0 Å². The van der Waals surface area contributed by atoms with E-state index in [1.807, 2.05) is 0 Å². The number of carbonyl (C=O) groups excluding carboxylic acids is 1. The number of aromatic nitrogens is 3. The molecule has 0 aromatic carbocycles. The molecule has 2 heterocycles. The smallest absolute Gasteiger partial charge is 0.394 e. The first-order chi connectivity index (χ1) is 8.99. The number of carbonyl (C=O) groups is 1. The topological polar surface area (TPSA) is 124 Å². The van der Waals surface area contributed by atoms with Crippen LogP contribution in [0, 0.1) is 12.3 Å². The van der Waals surface area contributed by atoms with Crippen LogP contribution < -0.4 is 11.3 Å². The average Bonchev–Trinajstić information content (AvgIpc) is 2.32. The van der Waals surface area contributed by atoms with Gasteiger partial charge in [-0.15, -0.1) is 0 Å². The van der Waals surface area contributed by atoms with Crippen molar-refractivity contribution >= 4 is 23.0 Å². The molecule has 0 spiro atoms. The average molecular weight is 261 g/mol. The summed E-state index contributed by atoms with van der Waals surface area (Å²) in [5.74, 6) is -0.433. The number of amides is 1. The molecule has 0 aliphatic heterocycles. The fourth-order valence-electron chi connectivity index (χ4n) is 1.65. The van der Waals surface area contributed by atoms with Gasteiger partial charge in [-0.1, -0.05) is 0 Å². The van der Waals surface area contributed by atoms with E-state index in [1.54, 1.807) is 19.2 Å². The fourth-order valence-corrected chi connectivity index (χ4v) is 1.65. The normalized spacial score (nSPS) is 10.4. The third-order valence-corrected chi connectivity index (χ3v) is 2.47. The highest BCUT2D eigenvalue weighted by Gasteiger charge is 2.10. The Morgan fingerprint density at radius 2 is 2.26 bits per heavy atom. The third-order valence-electron chi connectivity index (χ3n) is 2.47. The van der Waals surface area contributed by atoms with Gasteiger partial charge in [0.25, 0.3) is 5.56 Å². The molecule has 2 aromatic heterocycles. The minimum absolute atomic E-state index is 0.223. The standard InChI is InChI=1S/C11H11N5O3/c1-6-2-3-14-9-8(6)10(17)16(5-15-9)4-7(12)19-11(13)18/h2-3,5,12H,4H2,1H3,(H2,13,18). The van der Waals surface area contributed by atoms with Crippen molar-refractivity contribution in [3.8, 4) is 0 Å². The van der Waals surface area contributed by atoms with Crippen LogP contribution in [0.4, 0.5) is 4.79 Å². The SMILES string of the molecule is Cc1ccnc2ncn(CC(=N)OC(N)=O)c(=O)c12. The minimum atomic E-state index is -1.09. The molecule has 0 bridgehead atoms. The molecule has 2 rings (SSSR count). The van der Waals surface area contributed by atoms with Crippen LogP contribution in [-0.4, -0.2) is 26.5 Å². The Morgan fingerprint density at radius 3 is 2.95 bits per heavy atom. The van der Waals surface area contributed by atoms with E-state index in [2.05, 4.69) is 14.7 Å². The van der Waals surface area contributed by atoms with E-state index in [0.29, 0.717) is 11.0 Å². The second kappa shape index (κ2) is 4.84. The molecule has 0 aliphatic rings. The van der Waals surface area contributed by atoms with Crippen molar-refractivity contribution in [2.45, 2.75) is 13.5 Å². The van der Waals surface area contributed by atoms with Crippen LogP contribution in [0.25, 0.3) is 11.0 Å². The quantitative estimate of drug-likeness (QED) is 0.589. The van der Waals surface area contributed by atoms with Gasteiger partial charge in [-0.05, 0) is 18.6 Å². The highest BCUT2D eigenvalue weighted by Crippen LogP contribution is 2.08. The summed E-state index contributed by atoms with van der Waals surface area (Å²) >= 11 is 0. The predicted octanol–water partition coefficient (Wildman–Crippen LogP) is 0.172. The van der Waals surface area contributed by atoms with E-state index >= 15 is 0 Å². The van der Waals surface area contributed by atoms with Crippen molar-refractivity contribution in [1.29, 1.82) is 5.41 Å². The molecule has 0 atom stereocenters. The summed E-state index contributed by atoms with van der Waals surface area (Å²) in [6.45, 7) is 1.54. The molecule has 3 N–H and O–H groups in total. The van der Waals surface area contributed by atoms with Crippen LogP contribution in [0.1, 0.15) is 5.56 Å². The lowest BCUT2D eigenvalue weighted by Gasteiger charge is -2.07. The van der Waals surface area contributed by atoms with Gasteiger partial charge in [0.15, 0.2) is 5.65 Å². The highest BCUT2D eigenvalue weighted by molar-refractivity contribution is 5.85. The van der Waals surface area contributed by atoms with Crippen molar-refractivity contribution in [3.05, 3.63) is 34.5 Å². The predicted molar refractivity (Wildman–Crippen MR) is 66.9 cm³/mol. The number of rotatable bonds is 2. The highest BCUT2D eigenvalue weighted by atomic mass is 16.6. The maximum Gasteiger partial charge on any atom is 0.411 e. The third kappa shape index (κ3) is 2.57. The molecule has 0 saturated heterocycles. The van der Waals surface area contributed by atoms with Crippen LogP contribution in [0.15, 0.2) is 23.4 Å². The lowest BCUT2D eigenvalue weighted by molar-refractivity contribution is 0.205. The lowest BCUT2D eigenvalue weighted by atomic mass is 10.2. The molecule has 0 fully saturated rings. The fraction of sp³-hybridized carbons (Fsp3) is 0.182. The Bertz CT molecular complexity index is 722. The van der Waals surface area contributed by atoms with Crippen molar-refractivity contribution < 1.29 is 9.53 Å². The van der Waals surface area contributed by atoms with Crippen LogP contribution in [0.3, 0.4) is 0 Å². The van der Waals surface area contributed by atoms with Crippen LogP contribution >= 0.6 is 0 Å². The van der Waals surface area contributed by atoms with E-state index in [4.69, 9.17) is 11.1 Å². The van der Waals surface area contributed by atoms with E-state index in [0.717, 1.165) is 10.1 Å². The summed E-state index contributed by atoms with van der Waals surface area (Å²) in [4.78, 5) is 30.7. The number of nitrogens with one attached hydrogen (secondary N) is 1. The number of primary amides is 1. The van der Waals surface area contributed by atoms with Crippen LogP contribution in [0.2, 0.25) is 0 Å². The molecule has 0 radical (unpaired) electrons. The van der Waals surface area contributed by atoms with Crippen molar-refractivity contribution in [2.24, 2.45) is 5.73 Å². The zero-order chi connectivity index (χ0) is 14.0. The number of fused-ring (bicyclic) bond motifs is 1. The van der Waals surface area contributed by atoms with Crippen LogP contribution in [-0.2, 0) is 11.3 Å². The maximum absolute atomic E-state index is 12.2. The molecule has 0 saturated carbocycles. The molecule has 0 aliphatic carbocycles. The van der Waals surface area contributed by atoms with Gasteiger partial charge in [-0.2, -0.15) is 0 Å². The molecular weight excluding hydrogens is 250 g/mol. The summed E-state index contributed by atoms with van der Waals surface area (Å²) in [5, 5.41) is 7.76. The second-order valence-electron chi connectivity index (χ2n) is 3.85. The minimum Gasteiger partial charge on any atom is -0.394 e. The number of hydrogen-bond acceptors (Lipinski definition) is 6. The Balaban J connectivity index is 2.43. The molecule has 98 valence electrons. The van der Waals surface area contributed by atoms with E-state index in [1.165, 1.54) is 6.33 Å². The Labute approximate surface area is 107 Å². The summed E-state index contributed by atoms with van der Waals surface area (Å²) in [5.41, 5.74) is 5.50. The lowest BCUT2D eigenvalue weighted by Crippen LogP contribution is -2.28. The number of ether oxygens (including phenoxy) is 1. The molecule has 8 nitrogen and oxygen atoms in total. The van der Waals surface area contributed by atoms with Gasteiger partial charge in [0, 0.05) is 6.20 Å². The molecule has 19 heavy (non-hydrogen) atoms. The number of pyridine rings is 1. The Morgan fingerprint density at radius 1 is 1.53 bits per heavy atom. The van der Waals surface area contributed by atoms with Gasteiger partial charge in [-0.3, -0.25) is 14.8 Å². The number of nitrogens with zero attached hydrogens (tertiary/aromatic N) is 3. The second-order valence-corrected chi connectivity index (χ2v) is 3.85. The zero-order valence-corrected chi connectivity index (χ0v) is 10.1. The molecule has 0 unspecified atom stereocenters. The van der Waals surface area contributed by atoms with Crippen LogP contribution in [0.5, 0.6) is 0 Å².